The number of anilines is 1. The van der Waals surface area contributed by atoms with Crippen LogP contribution in [0.1, 0.15) is 10.4 Å². The quantitative estimate of drug-likeness (QED) is 0.716. The zero-order valence-corrected chi connectivity index (χ0v) is 16.3. The molecule has 0 amide bonds. The number of carbonyl (C=O) groups excluding carboxylic acids is 1. The van der Waals surface area contributed by atoms with Gasteiger partial charge in [-0.05, 0) is 18.2 Å². The number of methoxy groups -OCH3 is 1. The molecule has 2 rings (SSSR count). The number of ketones is 1. The van der Waals surface area contributed by atoms with Gasteiger partial charge >= 0.3 is 0 Å². The minimum atomic E-state index is -3.55. The molecule has 0 fully saturated rings. The van der Waals surface area contributed by atoms with Crippen LogP contribution in [-0.4, -0.2) is 41.2 Å². The van der Waals surface area contributed by atoms with Crippen molar-refractivity contribution in [2.24, 2.45) is 5.73 Å². The Morgan fingerprint density at radius 3 is 2.27 bits per heavy atom. The number of para-hydroxylation sites is 1. The van der Waals surface area contributed by atoms with Crippen LogP contribution < -0.4 is 19.5 Å². The van der Waals surface area contributed by atoms with Crippen LogP contribution >= 0.6 is 12.4 Å². The Morgan fingerprint density at radius 2 is 1.77 bits per heavy atom. The number of hydrogen-bond donors (Lipinski definition) is 1. The van der Waals surface area contributed by atoms with Gasteiger partial charge in [0.2, 0.25) is 10.0 Å². The number of sulfonamides is 1. The number of rotatable bonds is 7. The second-order valence-corrected chi connectivity index (χ2v) is 7.31. The third-order valence-electron chi connectivity index (χ3n) is 3.57. The van der Waals surface area contributed by atoms with Gasteiger partial charge in [0, 0.05) is 13.1 Å². The molecular weight excluding hydrogens is 380 g/mol. The standard InChI is InChI=1S/C17H20N2O5S.ClH/c1-19(25(3,21)22)14-10-16(23-2)13(15(20)11-18)9-17(14)24-12-7-5-4-6-8-12;/h4-10H,11,18H2,1-3H3;1H. The topological polar surface area (TPSA) is 98.9 Å². The van der Waals surface area contributed by atoms with Crippen molar-refractivity contribution in [1.29, 1.82) is 0 Å². The van der Waals surface area contributed by atoms with Crippen LogP contribution in [0, 0.1) is 0 Å². The summed E-state index contributed by atoms with van der Waals surface area (Å²) >= 11 is 0. The van der Waals surface area contributed by atoms with E-state index in [2.05, 4.69) is 0 Å². The SMILES string of the molecule is COc1cc(N(C)S(C)(=O)=O)c(Oc2ccccc2)cc1C(=O)CN.Cl. The van der Waals surface area contributed by atoms with Crippen LogP contribution in [0.15, 0.2) is 42.5 Å². The van der Waals surface area contributed by atoms with Gasteiger partial charge in [0.05, 0.1) is 31.2 Å². The predicted octanol–water partition coefficient (Wildman–Crippen LogP) is 2.45. The molecule has 0 radical (unpaired) electrons. The number of benzene rings is 2. The van der Waals surface area contributed by atoms with Crippen LogP contribution in [0.5, 0.6) is 17.2 Å². The van der Waals surface area contributed by atoms with Gasteiger partial charge in [-0.25, -0.2) is 8.42 Å². The summed E-state index contributed by atoms with van der Waals surface area (Å²) in [5, 5.41) is 0. The van der Waals surface area contributed by atoms with E-state index in [0.717, 1.165) is 10.6 Å². The molecule has 0 saturated carbocycles. The van der Waals surface area contributed by atoms with Crippen molar-refractivity contribution in [3.8, 4) is 17.2 Å². The van der Waals surface area contributed by atoms with Crippen molar-refractivity contribution >= 4 is 33.9 Å². The van der Waals surface area contributed by atoms with Crippen molar-refractivity contribution in [2.75, 3.05) is 31.3 Å². The molecule has 0 atom stereocenters. The molecule has 2 N–H and O–H groups in total. The summed E-state index contributed by atoms with van der Waals surface area (Å²) in [7, 11) is -0.757. The molecule has 0 bridgehead atoms. The molecule has 9 heteroatoms. The van der Waals surface area contributed by atoms with E-state index < -0.39 is 10.0 Å². The molecule has 26 heavy (non-hydrogen) atoms. The average Bonchev–Trinajstić information content (AvgIpc) is 2.60. The van der Waals surface area contributed by atoms with E-state index in [9.17, 15) is 13.2 Å². The molecule has 2 aromatic carbocycles. The monoisotopic (exact) mass is 400 g/mol. The third kappa shape index (κ3) is 4.87. The summed E-state index contributed by atoms with van der Waals surface area (Å²) in [4.78, 5) is 12.1. The van der Waals surface area contributed by atoms with Crippen molar-refractivity contribution in [2.45, 2.75) is 0 Å². The number of hydrogen-bond acceptors (Lipinski definition) is 6. The lowest BCUT2D eigenvalue weighted by atomic mass is 10.1. The first-order valence-electron chi connectivity index (χ1n) is 7.40. The molecular formula is C17H21ClN2O5S. The van der Waals surface area contributed by atoms with Gasteiger partial charge in [0.1, 0.15) is 11.5 Å². The third-order valence-corrected chi connectivity index (χ3v) is 4.77. The smallest absolute Gasteiger partial charge is 0.232 e. The van der Waals surface area contributed by atoms with E-state index in [1.54, 1.807) is 24.3 Å². The first-order valence-corrected chi connectivity index (χ1v) is 9.25. The zero-order chi connectivity index (χ0) is 18.6. The number of nitrogens with zero attached hydrogens (tertiary/aromatic N) is 1. The first kappa shape index (κ1) is 21.8. The summed E-state index contributed by atoms with van der Waals surface area (Å²) in [6, 6.07) is 11.7. The van der Waals surface area contributed by atoms with Gasteiger partial charge in [-0.2, -0.15) is 0 Å². The predicted molar refractivity (Wildman–Crippen MR) is 103 cm³/mol. The molecule has 0 aliphatic carbocycles. The fourth-order valence-electron chi connectivity index (χ4n) is 2.17. The number of ether oxygens (including phenoxy) is 2. The molecule has 0 spiro atoms. The lowest BCUT2D eigenvalue weighted by Crippen LogP contribution is -2.25. The van der Waals surface area contributed by atoms with Crippen LogP contribution in [-0.2, 0) is 10.0 Å². The highest BCUT2D eigenvalue weighted by atomic mass is 35.5. The number of halogens is 1. The van der Waals surface area contributed by atoms with Crippen molar-refractivity contribution in [3.63, 3.8) is 0 Å². The van der Waals surface area contributed by atoms with Crippen molar-refractivity contribution in [1.82, 2.24) is 0 Å². The van der Waals surface area contributed by atoms with E-state index in [1.165, 1.54) is 26.3 Å². The molecule has 0 aliphatic rings. The van der Waals surface area contributed by atoms with E-state index in [-0.39, 0.29) is 47.5 Å². The number of Topliss-reactive ketones (excluding diaryl/α,β-unsaturated/α-hetero) is 1. The molecule has 2 aromatic rings. The summed E-state index contributed by atoms with van der Waals surface area (Å²) in [5.74, 6) is 0.586. The highest BCUT2D eigenvalue weighted by molar-refractivity contribution is 7.92. The van der Waals surface area contributed by atoms with Crippen LogP contribution in [0.2, 0.25) is 0 Å². The summed E-state index contributed by atoms with van der Waals surface area (Å²) < 4.78 is 36.0. The molecule has 0 saturated heterocycles. The summed E-state index contributed by atoms with van der Waals surface area (Å²) in [6.07, 6.45) is 1.07. The lowest BCUT2D eigenvalue weighted by molar-refractivity contribution is 0.0998. The largest absolute Gasteiger partial charge is 0.496 e. The van der Waals surface area contributed by atoms with Gasteiger partial charge in [0.15, 0.2) is 11.5 Å². The van der Waals surface area contributed by atoms with Gasteiger partial charge in [0.25, 0.3) is 0 Å². The van der Waals surface area contributed by atoms with E-state index >= 15 is 0 Å². The molecule has 0 unspecified atom stereocenters. The summed E-state index contributed by atoms with van der Waals surface area (Å²) in [6.45, 7) is -0.206. The molecule has 7 nitrogen and oxygen atoms in total. The van der Waals surface area contributed by atoms with Crippen molar-refractivity contribution in [3.05, 3.63) is 48.0 Å². The van der Waals surface area contributed by atoms with E-state index in [0.29, 0.717) is 5.75 Å². The normalized spacial score (nSPS) is 10.6. The second kappa shape index (κ2) is 8.88. The molecule has 142 valence electrons. The Kier molecular flexibility index (Phi) is 7.43. The Hall–Kier alpha value is -2.29. The number of nitrogens with two attached hydrogens (primary N) is 1. The zero-order valence-electron chi connectivity index (χ0n) is 14.6. The highest BCUT2D eigenvalue weighted by Gasteiger charge is 2.22. The fourth-order valence-corrected chi connectivity index (χ4v) is 2.67. The minimum absolute atomic E-state index is 0. The molecule has 0 aliphatic heterocycles. The van der Waals surface area contributed by atoms with Crippen LogP contribution in [0.25, 0.3) is 0 Å². The molecule has 0 heterocycles. The van der Waals surface area contributed by atoms with Crippen molar-refractivity contribution < 1.29 is 22.7 Å². The number of carbonyl (C=O) groups is 1. The minimum Gasteiger partial charge on any atom is -0.496 e. The van der Waals surface area contributed by atoms with Crippen LogP contribution in [0.4, 0.5) is 5.69 Å². The Balaban J connectivity index is 0.00000338. The lowest BCUT2D eigenvalue weighted by Gasteiger charge is -2.22. The maximum absolute atomic E-state index is 12.1. The second-order valence-electron chi connectivity index (χ2n) is 5.29. The van der Waals surface area contributed by atoms with Gasteiger partial charge in [-0.15, -0.1) is 12.4 Å². The van der Waals surface area contributed by atoms with Crippen LogP contribution in [0.3, 0.4) is 0 Å². The van der Waals surface area contributed by atoms with E-state index in [1.807, 2.05) is 6.07 Å². The first-order chi connectivity index (χ1) is 11.8. The van der Waals surface area contributed by atoms with E-state index in [4.69, 9.17) is 15.2 Å². The maximum Gasteiger partial charge on any atom is 0.232 e. The Morgan fingerprint density at radius 1 is 1.15 bits per heavy atom. The summed E-state index contributed by atoms with van der Waals surface area (Å²) in [5.41, 5.74) is 5.92. The van der Waals surface area contributed by atoms with Gasteiger partial charge in [-0.3, -0.25) is 9.10 Å². The average molecular weight is 401 g/mol. The Labute approximate surface area is 159 Å². The molecule has 0 aromatic heterocycles. The van der Waals surface area contributed by atoms with Gasteiger partial charge in [-0.1, -0.05) is 18.2 Å². The van der Waals surface area contributed by atoms with Gasteiger partial charge < -0.3 is 15.2 Å². The maximum atomic E-state index is 12.1. The Bertz CT molecular complexity index is 872. The highest BCUT2D eigenvalue weighted by Crippen LogP contribution is 2.38. The fraction of sp³-hybridized carbons (Fsp3) is 0.235.